The molecule has 0 bridgehead atoms. The van der Waals surface area contributed by atoms with Crippen molar-refractivity contribution in [1.82, 2.24) is 4.90 Å². The van der Waals surface area contributed by atoms with Gasteiger partial charge in [0.15, 0.2) is 5.96 Å². The van der Waals surface area contributed by atoms with Crippen LogP contribution in [0.4, 0.5) is 0 Å². The summed E-state index contributed by atoms with van der Waals surface area (Å²) in [4.78, 5) is 6.56. The van der Waals surface area contributed by atoms with Crippen molar-refractivity contribution in [3.05, 3.63) is 35.9 Å². The maximum absolute atomic E-state index is 5.43. The molecule has 1 atom stereocenters. The van der Waals surface area contributed by atoms with E-state index >= 15 is 0 Å². The SMILES string of the molecule is CCN(CC)C(CN=C(N)N)Cc1ccccc1. The lowest BCUT2D eigenvalue weighted by atomic mass is 10.0. The van der Waals surface area contributed by atoms with E-state index < -0.39 is 0 Å². The minimum Gasteiger partial charge on any atom is -0.370 e. The Morgan fingerprint density at radius 1 is 1.17 bits per heavy atom. The predicted octanol–water partition coefficient (Wildman–Crippen LogP) is 1.21. The van der Waals surface area contributed by atoms with Crippen molar-refractivity contribution in [1.29, 1.82) is 0 Å². The molecule has 18 heavy (non-hydrogen) atoms. The molecule has 0 spiro atoms. The van der Waals surface area contributed by atoms with Gasteiger partial charge in [0.1, 0.15) is 0 Å². The maximum atomic E-state index is 5.43. The zero-order valence-electron chi connectivity index (χ0n) is 11.3. The Morgan fingerprint density at radius 2 is 1.78 bits per heavy atom. The first kappa shape index (κ1) is 14.5. The summed E-state index contributed by atoms with van der Waals surface area (Å²) in [6, 6.07) is 10.8. The molecule has 0 aliphatic rings. The average molecular weight is 248 g/mol. The predicted molar refractivity (Wildman–Crippen MR) is 77.5 cm³/mol. The summed E-state index contributed by atoms with van der Waals surface area (Å²) < 4.78 is 0. The number of benzene rings is 1. The van der Waals surface area contributed by atoms with Gasteiger partial charge in [-0.15, -0.1) is 0 Å². The second-order valence-electron chi connectivity index (χ2n) is 4.33. The number of likely N-dealkylation sites (N-methyl/N-ethyl adjacent to an activating group) is 1. The van der Waals surface area contributed by atoms with Crippen LogP contribution >= 0.6 is 0 Å². The summed E-state index contributed by atoms with van der Waals surface area (Å²) in [5, 5.41) is 0. The van der Waals surface area contributed by atoms with Crippen molar-refractivity contribution in [2.75, 3.05) is 19.6 Å². The van der Waals surface area contributed by atoms with Gasteiger partial charge in [0.2, 0.25) is 0 Å². The third kappa shape index (κ3) is 4.75. The molecule has 1 aromatic rings. The molecule has 0 amide bonds. The van der Waals surface area contributed by atoms with Crippen molar-refractivity contribution < 1.29 is 0 Å². The van der Waals surface area contributed by atoms with E-state index in [1.54, 1.807) is 0 Å². The molecule has 4 heteroatoms. The third-order valence-corrected chi connectivity index (χ3v) is 3.13. The second kappa shape index (κ2) is 7.71. The van der Waals surface area contributed by atoms with E-state index in [-0.39, 0.29) is 5.96 Å². The topological polar surface area (TPSA) is 67.6 Å². The van der Waals surface area contributed by atoms with E-state index in [0.717, 1.165) is 19.5 Å². The summed E-state index contributed by atoms with van der Waals surface area (Å²) in [5.41, 5.74) is 12.2. The number of hydrogen-bond acceptors (Lipinski definition) is 2. The van der Waals surface area contributed by atoms with Crippen LogP contribution in [-0.2, 0) is 6.42 Å². The Balaban J connectivity index is 2.73. The molecule has 0 saturated carbocycles. The highest BCUT2D eigenvalue weighted by atomic mass is 15.2. The molecule has 1 aromatic carbocycles. The highest BCUT2D eigenvalue weighted by Gasteiger charge is 2.15. The molecule has 0 heterocycles. The zero-order chi connectivity index (χ0) is 13.4. The maximum Gasteiger partial charge on any atom is 0.185 e. The molecule has 0 radical (unpaired) electrons. The van der Waals surface area contributed by atoms with Gasteiger partial charge in [-0.3, -0.25) is 9.89 Å². The molecular formula is C14H24N4. The number of hydrogen-bond donors (Lipinski definition) is 2. The van der Waals surface area contributed by atoms with Crippen molar-refractivity contribution >= 4 is 5.96 Å². The minimum absolute atomic E-state index is 0.167. The highest BCUT2D eigenvalue weighted by molar-refractivity contribution is 5.75. The molecule has 0 aromatic heterocycles. The summed E-state index contributed by atoms with van der Waals surface area (Å²) in [7, 11) is 0. The molecule has 4 N–H and O–H groups in total. The van der Waals surface area contributed by atoms with Crippen LogP contribution in [0.1, 0.15) is 19.4 Å². The Bertz CT molecular complexity index is 353. The highest BCUT2D eigenvalue weighted by Crippen LogP contribution is 2.09. The fourth-order valence-corrected chi connectivity index (χ4v) is 2.15. The molecule has 100 valence electrons. The molecule has 4 nitrogen and oxygen atoms in total. The lowest BCUT2D eigenvalue weighted by molar-refractivity contribution is 0.220. The van der Waals surface area contributed by atoms with Gasteiger partial charge in [-0.2, -0.15) is 0 Å². The molecular weight excluding hydrogens is 224 g/mol. The van der Waals surface area contributed by atoms with Gasteiger partial charge in [-0.25, -0.2) is 0 Å². The van der Waals surface area contributed by atoms with E-state index in [1.165, 1.54) is 5.56 Å². The van der Waals surface area contributed by atoms with E-state index in [1.807, 2.05) is 6.07 Å². The normalized spacial score (nSPS) is 12.4. The number of aliphatic imine (C=N–C) groups is 1. The molecule has 1 unspecified atom stereocenters. The van der Waals surface area contributed by atoms with Crippen LogP contribution in [0.2, 0.25) is 0 Å². The van der Waals surface area contributed by atoms with E-state index in [0.29, 0.717) is 12.6 Å². The van der Waals surface area contributed by atoms with Crippen LogP contribution in [0.3, 0.4) is 0 Å². The Labute approximate surface area is 110 Å². The third-order valence-electron chi connectivity index (χ3n) is 3.13. The standard InChI is InChI=1S/C14H24N4/c1-3-18(4-2)13(11-17-14(15)16)10-12-8-6-5-7-9-12/h5-9,13H,3-4,10-11H2,1-2H3,(H4,15,16,17). The lowest BCUT2D eigenvalue weighted by Gasteiger charge is -2.28. The number of rotatable bonds is 7. The van der Waals surface area contributed by atoms with Crippen LogP contribution < -0.4 is 11.5 Å². The fraction of sp³-hybridized carbons (Fsp3) is 0.500. The molecule has 0 saturated heterocycles. The molecule has 0 fully saturated rings. The minimum atomic E-state index is 0.167. The van der Waals surface area contributed by atoms with Gasteiger partial charge in [0.25, 0.3) is 0 Å². The molecule has 0 aliphatic carbocycles. The van der Waals surface area contributed by atoms with Gasteiger partial charge < -0.3 is 11.5 Å². The van der Waals surface area contributed by atoms with Crippen LogP contribution in [0, 0.1) is 0 Å². The summed E-state index contributed by atoms with van der Waals surface area (Å²) in [6.45, 7) is 6.99. The zero-order valence-corrected chi connectivity index (χ0v) is 11.3. The van der Waals surface area contributed by atoms with Gasteiger partial charge in [0.05, 0.1) is 6.54 Å². The Hall–Kier alpha value is -1.55. The van der Waals surface area contributed by atoms with Gasteiger partial charge in [-0.1, -0.05) is 44.2 Å². The fourth-order valence-electron chi connectivity index (χ4n) is 2.15. The molecule has 0 aliphatic heterocycles. The van der Waals surface area contributed by atoms with E-state index in [4.69, 9.17) is 11.5 Å². The number of guanidine groups is 1. The first-order chi connectivity index (χ1) is 8.67. The van der Waals surface area contributed by atoms with E-state index in [9.17, 15) is 0 Å². The monoisotopic (exact) mass is 248 g/mol. The lowest BCUT2D eigenvalue weighted by Crippen LogP contribution is -2.39. The second-order valence-corrected chi connectivity index (χ2v) is 4.33. The van der Waals surface area contributed by atoms with Crippen molar-refractivity contribution in [2.45, 2.75) is 26.3 Å². The average Bonchev–Trinajstić information content (AvgIpc) is 2.38. The van der Waals surface area contributed by atoms with E-state index in [2.05, 4.69) is 48.0 Å². The van der Waals surface area contributed by atoms with Crippen LogP contribution in [-0.4, -0.2) is 36.5 Å². The van der Waals surface area contributed by atoms with Crippen LogP contribution in [0.25, 0.3) is 0 Å². The van der Waals surface area contributed by atoms with Crippen molar-refractivity contribution in [3.63, 3.8) is 0 Å². The summed E-state index contributed by atoms with van der Waals surface area (Å²) >= 11 is 0. The number of nitrogens with zero attached hydrogens (tertiary/aromatic N) is 2. The van der Waals surface area contributed by atoms with Gasteiger partial charge in [0, 0.05) is 6.04 Å². The molecule has 1 rings (SSSR count). The first-order valence-electron chi connectivity index (χ1n) is 6.50. The first-order valence-corrected chi connectivity index (χ1v) is 6.50. The van der Waals surface area contributed by atoms with Crippen LogP contribution in [0.5, 0.6) is 0 Å². The number of nitrogens with two attached hydrogens (primary N) is 2. The largest absolute Gasteiger partial charge is 0.370 e. The van der Waals surface area contributed by atoms with Crippen molar-refractivity contribution in [3.8, 4) is 0 Å². The Morgan fingerprint density at radius 3 is 2.28 bits per heavy atom. The van der Waals surface area contributed by atoms with Gasteiger partial charge in [-0.05, 0) is 25.1 Å². The van der Waals surface area contributed by atoms with Crippen LogP contribution in [0.15, 0.2) is 35.3 Å². The van der Waals surface area contributed by atoms with Gasteiger partial charge >= 0.3 is 0 Å². The Kier molecular flexibility index (Phi) is 6.22. The quantitative estimate of drug-likeness (QED) is 0.563. The van der Waals surface area contributed by atoms with Crippen molar-refractivity contribution in [2.24, 2.45) is 16.5 Å². The summed E-state index contributed by atoms with van der Waals surface area (Å²) in [5.74, 6) is 0.167. The smallest absolute Gasteiger partial charge is 0.185 e. The summed E-state index contributed by atoms with van der Waals surface area (Å²) in [6.07, 6.45) is 0.972.